The van der Waals surface area contributed by atoms with E-state index < -0.39 is 11.9 Å². The molecule has 3 rings (SSSR count). The van der Waals surface area contributed by atoms with Crippen molar-refractivity contribution in [2.75, 3.05) is 26.7 Å². The van der Waals surface area contributed by atoms with E-state index in [1.165, 1.54) is 35.6 Å². The number of likely N-dealkylation sites (tertiary alicyclic amines) is 1. The Hall–Kier alpha value is -2.07. The highest BCUT2D eigenvalue weighted by atomic mass is 32.1. The second kappa shape index (κ2) is 9.82. The third kappa shape index (κ3) is 5.75. The van der Waals surface area contributed by atoms with Gasteiger partial charge in [0.1, 0.15) is 0 Å². The number of aryl methyl sites for hydroxylation is 1. The Labute approximate surface area is 179 Å². The van der Waals surface area contributed by atoms with E-state index in [0.717, 1.165) is 19.0 Å². The highest BCUT2D eigenvalue weighted by Gasteiger charge is 2.36. The monoisotopic (exact) mass is 442 g/mol. The number of guanidine groups is 1. The summed E-state index contributed by atoms with van der Waals surface area (Å²) < 4.78 is 40.7. The van der Waals surface area contributed by atoms with Gasteiger partial charge in [-0.15, -0.1) is 11.3 Å². The zero-order valence-electron chi connectivity index (χ0n) is 17.5. The first-order chi connectivity index (χ1) is 14.3. The van der Waals surface area contributed by atoms with Gasteiger partial charge in [0.05, 0.1) is 6.04 Å². The minimum atomic E-state index is -4.48. The molecule has 1 saturated heterocycles. The quantitative estimate of drug-likeness (QED) is 0.530. The molecular formula is C20H29F3N6S. The number of hydrogen-bond donors (Lipinski definition) is 2. The van der Waals surface area contributed by atoms with E-state index in [9.17, 15) is 13.2 Å². The van der Waals surface area contributed by atoms with E-state index in [0.29, 0.717) is 12.5 Å². The average molecular weight is 443 g/mol. The summed E-state index contributed by atoms with van der Waals surface area (Å²) in [6, 6.07) is 4.39. The molecule has 2 aromatic heterocycles. The van der Waals surface area contributed by atoms with E-state index >= 15 is 0 Å². The van der Waals surface area contributed by atoms with Crippen molar-refractivity contribution in [1.82, 2.24) is 25.3 Å². The zero-order valence-corrected chi connectivity index (χ0v) is 18.4. The maximum absolute atomic E-state index is 13.2. The fraction of sp³-hybridized carbons (Fsp3) is 0.600. The van der Waals surface area contributed by atoms with Crippen LogP contribution in [-0.2, 0) is 19.8 Å². The summed E-state index contributed by atoms with van der Waals surface area (Å²) in [4.78, 5) is 7.94. The number of alkyl halides is 3. The third-order valence-corrected chi connectivity index (χ3v) is 6.41. The first kappa shape index (κ1) is 22.6. The van der Waals surface area contributed by atoms with Crippen LogP contribution in [0.1, 0.15) is 41.9 Å². The Balaban J connectivity index is 1.62. The van der Waals surface area contributed by atoms with E-state index in [4.69, 9.17) is 0 Å². The Bertz CT molecular complexity index is 822. The summed E-state index contributed by atoms with van der Waals surface area (Å²) in [6.45, 7) is 5.00. The largest absolute Gasteiger partial charge is 0.435 e. The van der Waals surface area contributed by atoms with Crippen LogP contribution in [0.15, 0.2) is 28.7 Å². The average Bonchev–Trinajstić information content (AvgIpc) is 3.35. The standard InChI is InChI=1S/C20H29F3N6S/c1-14-6-8-29(9-7-14)16(17-5-4-10-30-17)12-26-19(24-2)25-11-15-13-28(3)27-18(15)20(21,22)23/h4-5,10,13-14,16H,6-9,11-12H2,1-3H3,(H2,24,25,26). The van der Waals surface area contributed by atoms with Crippen molar-refractivity contribution in [2.45, 2.75) is 38.5 Å². The molecule has 2 aromatic rings. The summed E-state index contributed by atoms with van der Waals surface area (Å²) in [5, 5.41) is 11.9. The SMILES string of the molecule is CN=C(NCc1cn(C)nc1C(F)(F)F)NCC(c1cccs1)N1CCC(C)CC1. The third-order valence-electron chi connectivity index (χ3n) is 5.44. The molecule has 6 nitrogen and oxygen atoms in total. The second-order valence-electron chi connectivity index (χ2n) is 7.73. The summed E-state index contributed by atoms with van der Waals surface area (Å²) in [6.07, 6.45) is -0.747. The van der Waals surface area contributed by atoms with Crippen molar-refractivity contribution in [2.24, 2.45) is 18.0 Å². The predicted octanol–water partition coefficient (Wildman–Crippen LogP) is 3.64. The lowest BCUT2D eigenvalue weighted by molar-refractivity contribution is -0.142. The first-order valence-electron chi connectivity index (χ1n) is 10.1. The normalized spacial score (nSPS) is 17.9. The number of rotatable bonds is 6. The summed E-state index contributed by atoms with van der Waals surface area (Å²) in [5.41, 5.74) is -0.778. The van der Waals surface area contributed by atoms with Gasteiger partial charge in [0.2, 0.25) is 0 Å². The van der Waals surface area contributed by atoms with Gasteiger partial charge in [-0.25, -0.2) is 0 Å². The van der Waals surface area contributed by atoms with Crippen LogP contribution in [-0.4, -0.2) is 47.3 Å². The number of nitrogens with one attached hydrogen (secondary N) is 2. The van der Waals surface area contributed by atoms with Gasteiger partial charge in [-0.05, 0) is 43.3 Å². The van der Waals surface area contributed by atoms with Gasteiger partial charge < -0.3 is 10.6 Å². The highest BCUT2D eigenvalue weighted by Crippen LogP contribution is 2.31. The van der Waals surface area contributed by atoms with Crippen molar-refractivity contribution >= 4 is 17.3 Å². The molecule has 30 heavy (non-hydrogen) atoms. The van der Waals surface area contributed by atoms with Crippen LogP contribution in [0.5, 0.6) is 0 Å². The number of hydrogen-bond acceptors (Lipinski definition) is 4. The van der Waals surface area contributed by atoms with Crippen LogP contribution in [0.4, 0.5) is 13.2 Å². The molecule has 1 atom stereocenters. The van der Waals surface area contributed by atoms with E-state index in [-0.39, 0.29) is 18.2 Å². The molecule has 0 radical (unpaired) electrons. The molecule has 0 bridgehead atoms. The van der Waals surface area contributed by atoms with Gasteiger partial charge in [0, 0.05) is 43.8 Å². The summed E-state index contributed by atoms with van der Waals surface area (Å²) >= 11 is 1.72. The van der Waals surface area contributed by atoms with Crippen LogP contribution >= 0.6 is 11.3 Å². The predicted molar refractivity (Wildman–Crippen MR) is 113 cm³/mol. The molecule has 1 aliphatic heterocycles. The molecule has 1 fully saturated rings. The van der Waals surface area contributed by atoms with Gasteiger partial charge in [0.25, 0.3) is 0 Å². The molecule has 1 unspecified atom stereocenters. The van der Waals surface area contributed by atoms with Crippen LogP contribution in [0.2, 0.25) is 0 Å². The number of halogens is 3. The summed E-state index contributed by atoms with van der Waals surface area (Å²) in [5.74, 6) is 1.22. The number of thiophene rings is 1. The fourth-order valence-corrected chi connectivity index (χ4v) is 4.59. The molecular weight excluding hydrogens is 413 g/mol. The van der Waals surface area contributed by atoms with Crippen molar-refractivity contribution in [1.29, 1.82) is 0 Å². The lowest BCUT2D eigenvalue weighted by atomic mass is 9.97. The molecule has 0 spiro atoms. The Morgan fingerprint density at radius 1 is 1.33 bits per heavy atom. The van der Waals surface area contributed by atoms with Gasteiger partial charge >= 0.3 is 6.18 Å². The maximum atomic E-state index is 13.2. The molecule has 10 heteroatoms. The lowest BCUT2D eigenvalue weighted by Crippen LogP contribution is -2.44. The van der Waals surface area contributed by atoms with Gasteiger partial charge in [-0.3, -0.25) is 14.6 Å². The zero-order chi connectivity index (χ0) is 21.7. The molecule has 1 aliphatic rings. The highest BCUT2D eigenvalue weighted by molar-refractivity contribution is 7.10. The molecule has 166 valence electrons. The molecule has 0 amide bonds. The first-order valence-corrected chi connectivity index (χ1v) is 11.0. The smallest absolute Gasteiger partial charge is 0.354 e. The van der Waals surface area contributed by atoms with Crippen molar-refractivity contribution < 1.29 is 13.2 Å². The Morgan fingerprint density at radius 3 is 2.67 bits per heavy atom. The molecule has 0 aromatic carbocycles. The van der Waals surface area contributed by atoms with Gasteiger partial charge in [0.15, 0.2) is 11.7 Å². The van der Waals surface area contributed by atoms with E-state index in [1.54, 1.807) is 18.4 Å². The minimum Gasteiger partial charge on any atom is -0.354 e. The van der Waals surface area contributed by atoms with Gasteiger partial charge in [-0.2, -0.15) is 18.3 Å². The van der Waals surface area contributed by atoms with Crippen LogP contribution in [0, 0.1) is 5.92 Å². The lowest BCUT2D eigenvalue weighted by Gasteiger charge is -2.36. The second-order valence-corrected chi connectivity index (χ2v) is 8.71. The summed E-state index contributed by atoms with van der Waals surface area (Å²) in [7, 11) is 3.10. The topological polar surface area (TPSA) is 57.5 Å². The van der Waals surface area contributed by atoms with Crippen LogP contribution in [0.25, 0.3) is 0 Å². The maximum Gasteiger partial charge on any atom is 0.435 e. The molecule has 0 aliphatic carbocycles. The number of aromatic nitrogens is 2. The molecule has 3 heterocycles. The van der Waals surface area contributed by atoms with Crippen LogP contribution < -0.4 is 10.6 Å². The number of aliphatic imine (C=N–C) groups is 1. The Kier molecular flexibility index (Phi) is 7.41. The van der Waals surface area contributed by atoms with E-state index in [2.05, 4.69) is 44.0 Å². The molecule has 2 N–H and O–H groups in total. The number of nitrogens with zero attached hydrogens (tertiary/aromatic N) is 4. The molecule has 0 saturated carbocycles. The number of piperidine rings is 1. The van der Waals surface area contributed by atoms with Crippen LogP contribution in [0.3, 0.4) is 0 Å². The van der Waals surface area contributed by atoms with Gasteiger partial charge in [-0.1, -0.05) is 13.0 Å². The van der Waals surface area contributed by atoms with E-state index in [1.807, 2.05) is 6.07 Å². The Morgan fingerprint density at radius 2 is 2.07 bits per heavy atom. The minimum absolute atomic E-state index is 0.00669. The fourth-order valence-electron chi connectivity index (χ4n) is 3.73. The van der Waals surface area contributed by atoms with Crippen molar-refractivity contribution in [3.05, 3.63) is 39.8 Å². The van der Waals surface area contributed by atoms with Crippen molar-refractivity contribution in [3.8, 4) is 0 Å². The van der Waals surface area contributed by atoms with Crippen molar-refractivity contribution in [3.63, 3.8) is 0 Å².